The van der Waals surface area contributed by atoms with Gasteiger partial charge in [-0.25, -0.2) is 0 Å². The van der Waals surface area contributed by atoms with Gasteiger partial charge in [-0.05, 0) is 18.1 Å². The molecule has 0 spiro atoms. The highest BCUT2D eigenvalue weighted by atomic mass is 16.5. The maximum Gasteiger partial charge on any atom is 0.322 e. The van der Waals surface area contributed by atoms with E-state index in [1.807, 2.05) is 42.7 Å². The molecule has 0 radical (unpaired) electrons. The molecule has 118 valence electrons. The number of hydrogen-bond donors (Lipinski definition) is 1. The van der Waals surface area contributed by atoms with Gasteiger partial charge < -0.3 is 10.1 Å². The fourth-order valence-electron chi connectivity index (χ4n) is 2.98. The number of nitrogens with two attached hydrogens (primary N) is 1. The molecule has 1 aliphatic carbocycles. The topological polar surface area (TPSA) is 60.0 Å². The third-order valence-corrected chi connectivity index (χ3v) is 4.04. The van der Waals surface area contributed by atoms with Crippen LogP contribution in [0.1, 0.15) is 31.9 Å². The monoisotopic (exact) mass is 302 g/mol. The van der Waals surface area contributed by atoms with Crippen molar-refractivity contribution in [2.75, 3.05) is 20.2 Å². The number of fused-ring (bicyclic) bond motifs is 1. The molecule has 2 rings (SSSR count). The number of hydrogen-bond acceptors (Lipinski definition) is 3. The molecule has 0 saturated heterocycles. The van der Waals surface area contributed by atoms with Crippen molar-refractivity contribution in [1.82, 2.24) is 0 Å². The number of allylic oxidation sites excluding steroid dienone is 2. The molecule has 0 fully saturated rings. The van der Waals surface area contributed by atoms with E-state index in [1.165, 1.54) is 0 Å². The van der Waals surface area contributed by atoms with Crippen molar-refractivity contribution < 1.29 is 19.6 Å². The van der Waals surface area contributed by atoms with E-state index < -0.39 is 11.9 Å². The Balaban J connectivity index is 2.38. The van der Waals surface area contributed by atoms with Gasteiger partial charge in [0.2, 0.25) is 0 Å². The highest BCUT2D eigenvalue weighted by Gasteiger charge is 2.38. The Bertz CT molecular complexity index is 617. The molecule has 4 nitrogen and oxygen atoms in total. The molecule has 0 aromatic heterocycles. The second-order valence-electron chi connectivity index (χ2n) is 6.14. The summed E-state index contributed by atoms with van der Waals surface area (Å²) in [6, 6.07) is 7.89. The van der Waals surface area contributed by atoms with Crippen LogP contribution in [0.5, 0.6) is 0 Å². The third kappa shape index (κ3) is 2.97. The fraction of sp³-hybridized carbons (Fsp3) is 0.444. The second-order valence-corrected chi connectivity index (χ2v) is 6.14. The number of ether oxygens (including phenoxy) is 1. The highest BCUT2D eigenvalue weighted by molar-refractivity contribution is 6.28. The first-order chi connectivity index (χ1) is 10.4. The summed E-state index contributed by atoms with van der Waals surface area (Å²) in [7, 11) is 1.85. The summed E-state index contributed by atoms with van der Waals surface area (Å²) in [5, 5.41) is 1.84. The Morgan fingerprint density at radius 1 is 1.27 bits per heavy atom. The number of Topliss-reactive ketones (excluding diaryl/α,β-unsaturated/α-hetero) is 1. The molecule has 1 aromatic rings. The van der Waals surface area contributed by atoms with Crippen molar-refractivity contribution >= 4 is 17.3 Å². The van der Waals surface area contributed by atoms with Gasteiger partial charge in [-0.15, -0.1) is 0 Å². The zero-order chi connectivity index (χ0) is 16.3. The van der Waals surface area contributed by atoms with Gasteiger partial charge in [-0.1, -0.05) is 44.2 Å². The molecule has 0 bridgehead atoms. The number of esters is 1. The summed E-state index contributed by atoms with van der Waals surface area (Å²) >= 11 is 0. The zero-order valence-electron chi connectivity index (χ0n) is 13.7. The molecule has 0 aliphatic heterocycles. The van der Waals surface area contributed by atoms with Crippen molar-refractivity contribution in [2.24, 2.45) is 5.92 Å². The average Bonchev–Trinajstić information content (AvgIpc) is 2.77. The number of benzene rings is 1. The van der Waals surface area contributed by atoms with Crippen LogP contribution in [0.3, 0.4) is 0 Å². The quantitative estimate of drug-likeness (QED) is 0.636. The Hall–Kier alpha value is -1.94. The van der Waals surface area contributed by atoms with Crippen LogP contribution in [0.25, 0.3) is 5.57 Å². The van der Waals surface area contributed by atoms with Crippen LogP contribution in [-0.2, 0) is 19.7 Å². The average molecular weight is 302 g/mol. The van der Waals surface area contributed by atoms with E-state index in [0.717, 1.165) is 11.1 Å². The number of carbonyl (C=O) groups excluding carboxylic acids is 2. The van der Waals surface area contributed by atoms with Crippen LogP contribution >= 0.6 is 0 Å². The standard InChI is InChI=1S/C18H23NO3/c1-5-22-17(21)14(11-19-4)16(20)13-10-18(2,3)15-9-7-6-8-12(13)15/h6-10,14,19H,5,11H2,1-4H3/p+1/t14-/m1/s1. The van der Waals surface area contributed by atoms with Gasteiger partial charge in [0.05, 0.1) is 20.2 Å². The first kappa shape index (κ1) is 16.4. The van der Waals surface area contributed by atoms with Gasteiger partial charge in [0.15, 0.2) is 11.7 Å². The first-order valence-electron chi connectivity index (χ1n) is 7.73. The Labute approximate surface area is 131 Å². The van der Waals surface area contributed by atoms with Gasteiger partial charge in [-0.3, -0.25) is 9.59 Å². The van der Waals surface area contributed by atoms with Gasteiger partial charge in [0, 0.05) is 11.0 Å². The molecule has 2 N–H and O–H groups in total. The summed E-state index contributed by atoms with van der Waals surface area (Å²) in [5.74, 6) is -1.33. The molecule has 0 heterocycles. The molecule has 4 heteroatoms. The number of ketones is 1. The lowest BCUT2D eigenvalue weighted by molar-refractivity contribution is -0.629. The summed E-state index contributed by atoms with van der Waals surface area (Å²) in [6.07, 6.45) is 1.97. The minimum Gasteiger partial charge on any atom is -0.465 e. The van der Waals surface area contributed by atoms with Crippen molar-refractivity contribution in [1.29, 1.82) is 0 Å². The Morgan fingerprint density at radius 3 is 2.59 bits per heavy atom. The molecule has 0 saturated carbocycles. The van der Waals surface area contributed by atoms with E-state index in [-0.39, 0.29) is 17.8 Å². The minimum absolute atomic E-state index is 0.144. The molecule has 1 aliphatic rings. The molecule has 0 unspecified atom stereocenters. The van der Waals surface area contributed by atoms with Crippen LogP contribution in [0.15, 0.2) is 30.3 Å². The molecular weight excluding hydrogens is 278 g/mol. The predicted molar refractivity (Wildman–Crippen MR) is 85.3 cm³/mol. The van der Waals surface area contributed by atoms with E-state index in [4.69, 9.17) is 4.74 Å². The second kappa shape index (κ2) is 6.44. The van der Waals surface area contributed by atoms with E-state index in [1.54, 1.807) is 6.92 Å². The van der Waals surface area contributed by atoms with Crippen molar-refractivity contribution in [3.05, 3.63) is 41.5 Å². The van der Waals surface area contributed by atoms with E-state index in [9.17, 15) is 9.59 Å². The largest absolute Gasteiger partial charge is 0.465 e. The molecular formula is C18H24NO3+. The summed E-state index contributed by atoms with van der Waals surface area (Å²) < 4.78 is 5.07. The van der Waals surface area contributed by atoms with Crippen molar-refractivity contribution in [3.8, 4) is 0 Å². The first-order valence-corrected chi connectivity index (χ1v) is 7.73. The van der Waals surface area contributed by atoms with Crippen molar-refractivity contribution in [3.63, 3.8) is 0 Å². The van der Waals surface area contributed by atoms with Crippen LogP contribution in [0.4, 0.5) is 0 Å². The minimum atomic E-state index is -0.752. The molecule has 1 aromatic carbocycles. The van der Waals surface area contributed by atoms with Gasteiger partial charge in [-0.2, -0.15) is 0 Å². The lowest BCUT2D eigenvalue weighted by Gasteiger charge is -2.16. The lowest BCUT2D eigenvalue weighted by Crippen LogP contribution is -2.82. The summed E-state index contributed by atoms with van der Waals surface area (Å²) in [6.45, 7) is 6.60. The Kier molecular flexibility index (Phi) is 4.81. The van der Waals surface area contributed by atoms with Crippen LogP contribution in [0, 0.1) is 5.92 Å². The number of carbonyl (C=O) groups is 2. The smallest absolute Gasteiger partial charge is 0.322 e. The SMILES string of the molecule is CCOC(=O)[C@H](C[NH2+]C)C(=O)C1=CC(C)(C)c2ccccc21. The van der Waals surface area contributed by atoms with Gasteiger partial charge in [0.25, 0.3) is 0 Å². The molecule has 0 amide bonds. The highest BCUT2D eigenvalue weighted by Crippen LogP contribution is 2.41. The normalized spacial score (nSPS) is 16.6. The van der Waals surface area contributed by atoms with E-state index in [0.29, 0.717) is 12.1 Å². The van der Waals surface area contributed by atoms with E-state index in [2.05, 4.69) is 13.8 Å². The van der Waals surface area contributed by atoms with Crippen LogP contribution in [-0.4, -0.2) is 32.0 Å². The molecule has 22 heavy (non-hydrogen) atoms. The fourth-order valence-corrected chi connectivity index (χ4v) is 2.98. The maximum atomic E-state index is 12.9. The van der Waals surface area contributed by atoms with Crippen molar-refractivity contribution in [2.45, 2.75) is 26.2 Å². The van der Waals surface area contributed by atoms with Gasteiger partial charge in [0.1, 0.15) is 0 Å². The van der Waals surface area contributed by atoms with Crippen LogP contribution < -0.4 is 5.32 Å². The molecule has 1 atom stereocenters. The van der Waals surface area contributed by atoms with Gasteiger partial charge >= 0.3 is 5.97 Å². The predicted octanol–water partition coefficient (Wildman–Crippen LogP) is 1.30. The third-order valence-electron chi connectivity index (χ3n) is 4.04. The summed E-state index contributed by atoms with van der Waals surface area (Å²) in [5.41, 5.74) is 2.50. The lowest BCUT2D eigenvalue weighted by atomic mass is 9.87. The number of rotatable bonds is 6. The number of quaternary nitrogens is 1. The maximum absolute atomic E-state index is 12.9. The summed E-state index contributed by atoms with van der Waals surface area (Å²) in [4.78, 5) is 25.0. The van der Waals surface area contributed by atoms with Crippen LogP contribution in [0.2, 0.25) is 0 Å². The zero-order valence-corrected chi connectivity index (χ0v) is 13.7. The van der Waals surface area contributed by atoms with E-state index >= 15 is 0 Å². The Morgan fingerprint density at radius 2 is 1.95 bits per heavy atom.